The van der Waals surface area contributed by atoms with E-state index in [9.17, 15) is 22.4 Å². The van der Waals surface area contributed by atoms with Crippen LogP contribution in [0.25, 0.3) is 0 Å². The number of aromatic nitrogens is 5. The SMILES string of the molecule is C=C(C)Cc1c(CNc2cn[nH]c(=O)c2Cl)nnn1[C@@H](C)c1ccc(F)cc1C(F)(F)F. The Morgan fingerprint density at radius 3 is 2.75 bits per heavy atom. The number of benzene rings is 1. The summed E-state index contributed by atoms with van der Waals surface area (Å²) in [6.07, 6.45) is -3.13. The van der Waals surface area contributed by atoms with E-state index in [4.69, 9.17) is 11.6 Å². The molecule has 0 spiro atoms. The maximum atomic E-state index is 13.5. The molecule has 0 radical (unpaired) electrons. The molecule has 12 heteroatoms. The molecule has 0 aliphatic carbocycles. The topological polar surface area (TPSA) is 88.5 Å². The molecule has 3 rings (SSSR count). The molecule has 0 fully saturated rings. The molecule has 3 aromatic rings. The first-order valence-electron chi connectivity index (χ1n) is 9.40. The summed E-state index contributed by atoms with van der Waals surface area (Å²) < 4.78 is 55.4. The molecular weight excluding hydrogens is 452 g/mol. The van der Waals surface area contributed by atoms with Crippen LogP contribution >= 0.6 is 11.6 Å². The Morgan fingerprint density at radius 1 is 1.38 bits per heavy atom. The average Bonchev–Trinajstić information content (AvgIpc) is 3.09. The Balaban J connectivity index is 1.99. The molecule has 170 valence electrons. The summed E-state index contributed by atoms with van der Waals surface area (Å²) in [5.41, 5.74) is 0.129. The first kappa shape index (κ1) is 23.5. The lowest BCUT2D eigenvalue weighted by atomic mass is 10.00. The quantitative estimate of drug-likeness (QED) is 0.392. The van der Waals surface area contributed by atoms with E-state index in [1.165, 1.54) is 17.8 Å². The lowest BCUT2D eigenvalue weighted by Gasteiger charge is -2.20. The Labute approximate surface area is 185 Å². The maximum absolute atomic E-state index is 13.5. The maximum Gasteiger partial charge on any atom is 0.416 e. The van der Waals surface area contributed by atoms with Gasteiger partial charge in [-0.1, -0.05) is 35.0 Å². The van der Waals surface area contributed by atoms with Crippen LogP contribution in [0.1, 0.15) is 42.4 Å². The van der Waals surface area contributed by atoms with Crippen LogP contribution in [0.4, 0.5) is 23.2 Å². The van der Waals surface area contributed by atoms with Gasteiger partial charge < -0.3 is 5.32 Å². The Morgan fingerprint density at radius 2 is 2.09 bits per heavy atom. The third kappa shape index (κ3) is 4.98. The van der Waals surface area contributed by atoms with Gasteiger partial charge in [0.2, 0.25) is 0 Å². The van der Waals surface area contributed by atoms with Crippen LogP contribution in [0.15, 0.2) is 41.3 Å². The minimum absolute atomic E-state index is 0.0791. The van der Waals surface area contributed by atoms with Crippen molar-refractivity contribution >= 4 is 17.3 Å². The summed E-state index contributed by atoms with van der Waals surface area (Å²) in [7, 11) is 0. The standard InChI is InChI=1S/C20H19ClF4N6O/c1-10(2)6-17-15(8-26-16-9-27-29-19(32)18(16)21)28-30-31(17)11(3)13-5-4-12(22)7-14(13)20(23,24)25/h4-5,7,9,11H,1,6,8H2,2-3H3,(H2,26,29,32)/t11-/m0/s1. The molecule has 0 bridgehead atoms. The lowest BCUT2D eigenvalue weighted by Crippen LogP contribution is -2.19. The molecule has 1 aromatic carbocycles. The fourth-order valence-electron chi connectivity index (χ4n) is 3.22. The van der Waals surface area contributed by atoms with E-state index in [0.29, 0.717) is 17.5 Å². The zero-order chi connectivity index (χ0) is 23.6. The molecule has 2 aromatic heterocycles. The van der Waals surface area contributed by atoms with Crippen molar-refractivity contribution in [1.29, 1.82) is 0 Å². The van der Waals surface area contributed by atoms with E-state index in [-0.39, 0.29) is 29.2 Å². The molecule has 0 saturated heterocycles. The van der Waals surface area contributed by atoms with E-state index in [1.807, 2.05) is 0 Å². The van der Waals surface area contributed by atoms with E-state index in [0.717, 1.165) is 17.7 Å². The van der Waals surface area contributed by atoms with Crippen LogP contribution in [0.3, 0.4) is 0 Å². The van der Waals surface area contributed by atoms with Crippen molar-refractivity contribution in [1.82, 2.24) is 25.2 Å². The molecule has 0 amide bonds. The van der Waals surface area contributed by atoms with Crippen LogP contribution < -0.4 is 10.9 Å². The summed E-state index contributed by atoms with van der Waals surface area (Å²) in [5.74, 6) is -0.984. The van der Waals surface area contributed by atoms with Crippen molar-refractivity contribution in [3.63, 3.8) is 0 Å². The number of hydrogen-bond acceptors (Lipinski definition) is 5. The predicted octanol–water partition coefficient (Wildman–Crippen LogP) is 4.51. The second kappa shape index (κ2) is 9.11. The van der Waals surface area contributed by atoms with Crippen LogP contribution in [0.5, 0.6) is 0 Å². The molecule has 0 aliphatic rings. The van der Waals surface area contributed by atoms with Gasteiger partial charge in [-0.05, 0) is 31.5 Å². The van der Waals surface area contributed by atoms with Crippen molar-refractivity contribution in [2.24, 2.45) is 0 Å². The molecule has 0 aliphatic heterocycles. The lowest BCUT2D eigenvalue weighted by molar-refractivity contribution is -0.138. The number of H-pyrrole nitrogens is 1. The number of aromatic amines is 1. The number of allylic oxidation sites excluding steroid dienone is 1. The number of nitrogens with zero attached hydrogens (tertiary/aromatic N) is 4. The average molecular weight is 471 g/mol. The highest BCUT2D eigenvalue weighted by molar-refractivity contribution is 6.32. The smallest absolute Gasteiger partial charge is 0.377 e. The highest BCUT2D eigenvalue weighted by Gasteiger charge is 2.36. The van der Waals surface area contributed by atoms with E-state index in [1.54, 1.807) is 6.92 Å². The Kier molecular flexibility index (Phi) is 6.68. The van der Waals surface area contributed by atoms with Gasteiger partial charge in [0.1, 0.15) is 16.5 Å². The van der Waals surface area contributed by atoms with Gasteiger partial charge in [0.05, 0.1) is 35.7 Å². The first-order valence-corrected chi connectivity index (χ1v) is 9.77. The predicted molar refractivity (Wildman–Crippen MR) is 111 cm³/mol. The number of anilines is 1. The van der Waals surface area contributed by atoms with Crippen molar-refractivity contribution in [3.8, 4) is 0 Å². The summed E-state index contributed by atoms with van der Waals surface area (Å²) in [5, 5.41) is 16.8. The monoisotopic (exact) mass is 470 g/mol. The van der Waals surface area contributed by atoms with E-state index in [2.05, 4.69) is 32.4 Å². The fourth-order valence-corrected chi connectivity index (χ4v) is 3.38. The van der Waals surface area contributed by atoms with Crippen molar-refractivity contribution in [2.45, 2.75) is 39.0 Å². The summed E-state index contributed by atoms with van der Waals surface area (Å²) in [6, 6.07) is 1.63. The van der Waals surface area contributed by atoms with Crippen LogP contribution in [0, 0.1) is 5.82 Å². The second-order valence-electron chi connectivity index (χ2n) is 7.25. The number of hydrogen-bond donors (Lipinski definition) is 2. The van der Waals surface area contributed by atoms with Crippen LogP contribution in [-0.2, 0) is 19.1 Å². The van der Waals surface area contributed by atoms with Gasteiger partial charge >= 0.3 is 6.18 Å². The minimum Gasteiger partial charge on any atom is -0.377 e. The summed E-state index contributed by atoms with van der Waals surface area (Å²) in [6.45, 7) is 7.22. The molecule has 2 heterocycles. The first-order chi connectivity index (χ1) is 15.0. The Bertz CT molecular complexity index is 1200. The third-order valence-electron chi connectivity index (χ3n) is 4.72. The van der Waals surface area contributed by atoms with Gasteiger partial charge in [0.15, 0.2) is 0 Å². The highest BCUT2D eigenvalue weighted by Crippen LogP contribution is 2.36. The van der Waals surface area contributed by atoms with Gasteiger partial charge in [0, 0.05) is 6.42 Å². The Hall–Kier alpha value is -3.21. The second-order valence-corrected chi connectivity index (χ2v) is 7.62. The van der Waals surface area contributed by atoms with Crippen LogP contribution in [0.2, 0.25) is 5.02 Å². The third-order valence-corrected chi connectivity index (χ3v) is 5.10. The molecule has 2 N–H and O–H groups in total. The zero-order valence-corrected chi connectivity index (χ0v) is 17.9. The number of halogens is 5. The van der Waals surface area contributed by atoms with Crippen LogP contribution in [-0.4, -0.2) is 25.2 Å². The molecule has 0 saturated carbocycles. The van der Waals surface area contributed by atoms with Gasteiger partial charge in [-0.2, -0.15) is 18.3 Å². The largest absolute Gasteiger partial charge is 0.416 e. The van der Waals surface area contributed by atoms with Gasteiger partial charge in [0.25, 0.3) is 5.56 Å². The van der Waals surface area contributed by atoms with Crippen molar-refractivity contribution < 1.29 is 17.6 Å². The minimum atomic E-state index is -4.74. The molecule has 0 unspecified atom stereocenters. The van der Waals surface area contributed by atoms with E-state index >= 15 is 0 Å². The van der Waals surface area contributed by atoms with Gasteiger partial charge in [-0.15, -0.1) is 5.10 Å². The van der Waals surface area contributed by atoms with Gasteiger partial charge in [-0.3, -0.25) is 4.79 Å². The molecule has 32 heavy (non-hydrogen) atoms. The summed E-state index contributed by atoms with van der Waals surface area (Å²) in [4.78, 5) is 11.6. The number of nitrogens with one attached hydrogen (secondary N) is 2. The fraction of sp³-hybridized carbons (Fsp3) is 0.300. The molecule has 1 atom stereocenters. The zero-order valence-electron chi connectivity index (χ0n) is 17.1. The highest BCUT2D eigenvalue weighted by atomic mass is 35.5. The number of rotatable bonds is 7. The summed E-state index contributed by atoms with van der Waals surface area (Å²) >= 11 is 5.95. The molecule has 7 nitrogen and oxygen atoms in total. The normalized spacial score (nSPS) is 12.6. The van der Waals surface area contributed by atoms with Gasteiger partial charge in [-0.25, -0.2) is 14.2 Å². The van der Waals surface area contributed by atoms with Crippen molar-refractivity contribution in [3.05, 3.63) is 80.3 Å². The van der Waals surface area contributed by atoms with Crippen molar-refractivity contribution in [2.75, 3.05) is 5.32 Å². The van der Waals surface area contributed by atoms with E-state index < -0.39 is 29.2 Å². The molecular formula is C20H19ClF4N6O. The number of alkyl halides is 3.